The fraction of sp³-hybridized carbons (Fsp3) is 0.400. The highest BCUT2D eigenvalue weighted by Crippen LogP contribution is 2.41. The zero-order valence-electron chi connectivity index (χ0n) is 15.4. The van der Waals surface area contributed by atoms with Crippen LogP contribution in [0.15, 0.2) is 30.3 Å². The van der Waals surface area contributed by atoms with E-state index in [4.69, 9.17) is 18.9 Å². The number of nitrogens with one attached hydrogen (secondary N) is 1. The Bertz CT molecular complexity index is 737. The first-order chi connectivity index (χ1) is 12.1. The molecule has 2 aromatic carbocycles. The summed E-state index contributed by atoms with van der Waals surface area (Å²) in [5.74, 6) is 3.17. The van der Waals surface area contributed by atoms with E-state index < -0.39 is 0 Å². The number of hydrogen-bond donors (Lipinski definition) is 1. The summed E-state index contributed by atoms with van der Waals surface area (Å²) in [6.45, 7) is 2.18. The Balaban J connectivity index is 2.16. The van der Waals surface area contributed by atoms with Gasteiger partial charge in [0.15, 0.2) is 0 Å². The normalized spacial score (nSPS) is 19.1. The van der Waals surface area contributed by atoms with E-state index in [-0.39, 0.29) is 6.04 Å². The Morgan fingerprint density at radius 1 is 0.800 bits per heavy atom. The molecule has 5 heteroatoms. The average molecular weight is 343 g/mol. The lowest BCUT2D eigenvalue weighted by atomic mass is 9.86. The average Bonchev–Trinajstić information content (AvgIpc) is 2.65. The molecular weight excluding hydrogens is 318 g/mol. The van der Waals surface area contributed by atoms with Gasteiger partial charge in [-0.2, -0.15) is 0 Å². The quantitative estimate of drug-likeness (QED) is 0.902. The van der Waals surface area contributed by atoms with E-state index in [0.717, 1.165) is 40.5 Å². The first-order valence-corrected chi connectivity index (χ1v) is 8.33. The highest BCUT2D eigenvalue weighted by molar-refractivity contribution is 5.54. The molecule has 2 unspecified atom stereocenters. The van der Waals surface area contributed by atoms with Gasteiger partial charge < -0.3 is 24.3 Å². The van der Waals surface area contributed by atoms with Crippen LogP contribution in [-0.4, -0.2) is 34.5 Å². The Morgan fingerprint density at radius 2 is 1.40 bits per heavy atom. The molecule has 0 radical (unpaired) electrons. The molecule has 0 saturated carbocycles. The van der Waals surface area contributed by atoms with E-state index in [0.29, 0.717) is 6.04 Å². The van der Waals surface area contributed by atoms with E-state index >= 15 is 0 Å². The molecule has 3 rings (SSSR count). The molecule has 0 bridgehead atoms. The second-order valence-corrected chi connectivity index (χ2v) is 6.25. The molecule has 0 fully saturated rings. The SMILES string of the molecule is COc1cc(OC)cc(C2NC(C)Cc3cc(OC)cc(OC)c32)c1. The van der Waals surface area contributed by atoms with Crippen LogP contribution in [0.25, 0.3) is 0 Å². The van der Waals surface area contributed by atoms with E-state index in [1.807, 2.05) is 24.3 Å². The van der Waals surface area contributed by atoms with Gasteiger partial charge in [0.2, 0.25) is 0 Å². The lowest BCUT2D eigenvalue weighted by molar-refractivity contribution is 0.371. The van der Waals surface area contributed by atoms with Gasteiger partial charge in [0.1, 0.15) is 23.0 Å². The number of rotatable bonds is 5. The van der Waals surface area contributed by atoms with Crippen LogP contribution in [0.4, 0.5) is 0 Å². The third-order valence-electron chi connectivity index (χ3n) is 4.63. The molecule has 0 aliphatic carbocycles. The molecule has 1 aliphatic rings. The van der Waals surface area contributed by atoms with Gasteiger partial charge in [0.05, 0.1) is 34.5 Å². The van der Waals surface area contributed by atoms with E-state index in [1.165, 1.54) is 5.56 Å². The zero-order chi connectivity index (χ0) is 18.0. The van der Waals surface area contributed by atoms with Crippen molar-refractivity contribution in [3.63, 3.8) is 0 Å². The van der Waals surface area contributed by atoms with Gasteiger partial charge in [0.25, 0.3) is 0 Å². The predicted octanol–water partition coefficient (Wildman–Crippen LogP) is 3.34. The molecule has 0 spiro atoms. The topological polar surface area (TPSA) is 49.0 Å². The summed E-state index contributed by atoms with van der Waals surface area (Å²) in [6.07, 6.45) is 0.917. The fourth-order valence-electron chi connectivity index (χ4n) is 3.46. The minimum atomic E-state index is -0.0105. The monoisotopic (exact) mass is 343 g/mol. The molecule has 25 heavy (non-hydrogen) atoms. The largest absolute Gasteiger partial charge is 0.497 e. The second-order valence-electron chi connectivity index (χ2n) is 6.25. The van der Waals surface area contributed by atoms with Crippen molar-refractivity contribution in [1.29, 1.82) is 0 Å². The summed E-state index contributed by atoms with van der Waals surface area (Å²) in [5.41, 5.74) is 3.44. The van der Waals surface area contributed by atoms with Crippen LogP contribution in [0.5, 0.6) is 23.0 Å². The third-order valence-corrected chi connectivity index (χ3v) is 4.63. The fourth-order valence-corrected chi connectivity index (χ4v) is 3.46. The summed E-state index contributed by atoms with van der Waals surface area (Å²) in [5, 5.41) is 3.67. The molecule has 2 atom stereocenters. The number of fused-ring (bicyclic) bond motifs is 1. The van der Waals surface area contributed by atoms with Gasteiger partial charge in [-0.3, -0.25) is 0 Å². The highest BCUT2D eigenvalue weighted by Gasteiger charge is 2.30. The molecule has 2 aromatic rings. The highest BCUT2D eigenvalue weighted by atomic mass is 16.5. The molecule has 1 N–H and O–H groups in total. The van der Waals surface area contributed by atoms with Crippen molar-refractivity contribution in [3.05, 3.63) is 47.0 Å². The minimum Gasteiger partial charge on any atom is -0.497 e. The minimum absolute atomic E-state index is 0.0105. The Labute approximate surface area is 148 Å². The second kappa shape index (κ2) is 7.23. The van der Waals surface area contributed by atoms with Crippen LogP contribution in [0.3, 0.4) is 0 Å². The van der Waals surface area contributed by atoms with Crippen LogP contribution < -0.4 is 24.3 Å². The molecule has 5 nitrogen and oxygen atoms in total. The van der Waals surface area contributed by atoms with Crippen LogP contribution in [-0.2, 0) is 6.42 Å². The molecule has 134 valence electrons. The molecular formula is C20H25NO4. The van der Waals surface area contributed by atoms with Crippen LogP contribution >= 0.6 is 0 Å². The lowest BCUT2D eigenvalue weighted by Gasteiger charge is -2.33. The van der Waals surface area contributed by atoms with Crippen molar-refractivity contribution in [3.8, 4) is 23.0 Å². The standard InChI is InChI=1S/C20H25NO4/c1-12-6-13-7-17(24-4)11-18(25-5)19(13)20(21-12)14-8-15(22-2)10-16(9-14)23-3/h7-12,20-21H,6H2,1-5H3. The number of methoxy groups -OCH3 is 4. The van der Waals surface area contributed by atoms with Crippen molar-refractivity contribution >= 4 is 0 Å². The van der Waals surface area contributed by atoms with E-state index in [9.17, 15) is 0 Å². The summed E-state index contributed by atoms with van der Waals surface area (Å²) in [4.78, 5) is 0. The number of hydrogen-bond acceptors (Lipinski definition) is 5. The maximum Gasteiger partial charge on any atom is 0.127 e. The summed E-state index contributed by atoms with van der Waals surface area (Å²) in [7, 11) is 6.69. The summed E-state index contributed by atoms with van der Waals surface area (Å²) < 4.78 is 22.0. The number of benzene rings is 2. The van der Waals surface area contributed by atoms with Crippen LogP contribution in [0.2, 0.25) is 0 Å². The van der Waals surface area contributed by atoms with Crippen molar-refractivity contribution < 1.29 is 18.9 Å². The van der Waals surface area contributed by atoms with Crippen molar-refractivity contribution in [2.45, 2.75) is 25.4 Å². The molecule has 1 heterocycles. The summed E-state index contributed by atoms with van der Waals surface area (Å²) in [6, 6.07) is 10.3. The third kappa shape index (κ3) is 3.37. The van der Waals surface area contributed by atoms with Gasteiger partial charge in [-0.1, -0.05) is 0 Å². The molecule has 0 aromatic heterocycles. The van der Waals surface area contributed by atoms with Gasteiger partial charge in [-0.05, 0) is 42.7 Å². The van der Waals surface area contributed by atoms with E-state index in [2.05, 4.69) is 18.3 Å². The predicted molar refractivity (Wildman–Crippen MR) is 97.2 cm³/mol. The molecule has 0 saturated heterocycles. The molecule has 0 amide bonds. The summed E-state index contributed by atoms with van der Waals surface area (Å²) >= 11 is 0. The first-order valence-electron chi connectivity index (χ1n) is 8.33. The van der Waals surface area contributed by atoms with Gasteiger partial charge >= 0.3 is 0 Å². The lowest BCUT2D eigenvalue weighted by Crippen LogP contribution is -2.38. The Morgan fingerprint density at radius 3 is 1.96 bits per heavy atom. The smallest absolute Gasteiger partial charge is 0.127 e. The van der Waals surface area contributed by atoms with Crippen molar-refractivity contribution in [2.24, 2.45) is 0 Å². The zero-order valence-corrected chi connectivity index (χ0v) is 15.4. The van der Waals surface area contributed by atoms with Gasteiger partial charge in [0, 0.05) is 23.7 Å². The van der Waals surface area contributed by atoms with Crippen LogP contribution in [0, 0.1) is 0 Å². The van der Waals surface area contributed by atoms with Gasteiger partial charge in [-0.15, -0.1) is 0 Å². The number of ether oxygens (including phenoxy) is 4. The maximum absolute atomic E-state index is 5.67. The van der Waals surface area contributed by atoms with Gasteiger partial charge in [-0.25, -0.2) is 0 Å². The Kier molecular flexibility index (Phi) is 5.04. The molecule has 1 aliphatic heterocycles. The van der Waals surface area contributed by atoms with Crippen molar-refractivity contribution in [2.75, 3.05) is 28.4 Å². The first kappa shape index (κ1) is 17.4. The maximum atomic E-state index is 5.67. The van der Waals surface area contributed by atoms with Crippen LogP contribution in [0.1, 0.15) is 29.7 Å². The van der Waals surface area contributed by atoms with E-state index in [1.54, 1.807) is 28.4 Å². The Hall–Kier alpha value is -2.40. The van der Waals surface area contributed by atoms with Crippen molar-refractivity contribution in [1.82, 2.24) is 5.32 Å².